The van der Waals surface area contributed by atoms with Crippen LogP contribution in [0.2, 0.25) is 0 Å². The van der Waals surface area contributed by atoms with Crippen LogP contribution in [0.1, 0.15) is 42.6 Å². The molecule has 9 nitrogen and oxygen atoms in total. The maximum atomic E-state index is 13.4. The largest absolute Gasteiger partial charge is 0.472 e. The molecule has 3 atom stereocenters. The van der Waals surface area contributed by atoms with Gasteiger partial charge in [-0.2, -0.15) is 0 Å². The summed E-state index contributed by atoms with van der Waals surface area (Å²) in [6.07, 6.45) is 2.62. The zero-order valence-electron chi connectivity index (χ0n) is 20.5. The van der Waals surface area contributed by atoms with E-state index in [1.54, 1.807) is 43.1 Å². The molecule has 1 fully saturated rings. The van der Waals surface area contributed by atoms with Crippen LogP contribution in [-0.4, -0.2) is 97.5 Å². The normalized spacial score (nSPS) is 21.9. The molecule has 1 N–H and O–H groups in total. The summed E-state index contributed by atoms with van der Waals surface area (Å²) in [5.41, 5.74) is 0.862. The molecule has 0 radical (unpaired) electrons. The SMILES string of the molecule is COCC#Cc1cnc2c(c1)C(=O)N([C@@H](C)CO)C[C@@H](C)[C@H](CN(C)C(=O)C1CCOCC1)O2. The Morgan fingerprint density at radius 3 is 2.82 bits per heavy atom. The van der Waals surface area contributed by atoms with Crippen LogP contribution in [0.3, 0.4) is 0 Å². The van der Waals surface area contributed by atoms with E-state index in [2.05, 4.69) is 16.8 Å². The van der Waals surface area contributed by atoms with E-state index >= 15 is 0 Å². The molecule has 3 heterocycles. The van der Waals surface area contributed by atoms with Gasteiger partial charge in [-0.1, -0.05) is 18.8 Å². The molecule has 2 amide bonds. The maximum Gasteiger partial charge on any atom is 0.259 e. The van der Waals surface area contributed by atoms with Gasteiger partial charge in [0.05, 0.1) is 19.2 Å². The highest BCUT2D eigenvalue weighted by molar-refractivity contribution is 5.97. The number of aromatic nitrogens is 1. The number of aliphatic hydroxyl groups excluding tert-OH is 1. The molecule has 2 aliphatic rings. The summed E-state index contributed by atoms with van der Waals surface area (Å²) in [5.74, 6) is 5.67. The number of fused-ring (bicyclic) bond motifs is 1. The highest BCUT2D eigenvalue weighted by Gasteiger charge is 2.35. The van der Waals surface area contributed by atoms with Crippen LogP contribution in [0.15, 0.2) is 12.3 Å². The molecule has 0 unspecified atom stereocenters. The molecule has 0 aromatic carbocycles. The number of likely N-dealkylation sites (N-methyl/N-ethyl adjacent to an activating group) is 1. The minimum Gasteiger partial charge on any atom is -0.472 e. The Morgan fingerprint density at radius 2 is 2.15 bits per heavy atom. The standard InChI is InChI=1S/C25H35N3O6/c1-17-14-28(18(2)16-29)25(31)21-12-19(6-5-9-32-4)13-26-23(21)34-22(17)15-27(3)24(30)20-7-10-33-11-8-20/h12-13,17-18,20,22,29H,7-11,14-16H2,1-4H3/t17-,18+,22+/m1/s1. The van der Waals surface area contributed by atoms with E-state index in [1.165, 1.54) is 0 Å². The van der Waals surface area contributed by atoms with Gasteiger partial charge in [0.15, 0.2) is 0 Å². The van der Waals surface area contributed by atoms with Crippen LogP contribution in [-0.2, 0) is 14.3 Å². The van der Waals surface area contributed by atoms with Crippen molar-refractivity contribution in [3.05, 3.63) is 23.4 Å². The number of pyridine rings is 1. The van der Waals surface area contributed by atoms with Gasteiger partial charge in [-0.3, -0.25) is 9.59 Å². The van der Waals surface area contributed by atoms with Crippen molar-refractivity contribution in [2.45, 2.75) is 38.8 Å². The lowest BCUT2D eigenvalue weighted by atomic mass is 9.97. The van der Waals surface area contributed by atoms with Gasteiger partial charge in [0.2, 0.25) is 11.8 Å². The number of rotatable bonds is 6. The monoisotopic (exact) mass is 473 g/mol. The second-order valence-electron chi connectivity index (χ2n) is 9.04. The smallest absolute Gasteiger partial charge is 0.259 e. The Labute approximate surface area is 201 Å². The third-order valence-corrected chi connectivity index (χ3v) is 6.37. The third kappa shape index (κ3) is 6.26. The van der Waals surface area contributed by atoms with Gasteiger partial charge < -0.3 is 29.1 Å². The molecule has 2 aliphatic heterocycles. The molecule has 0 aliphatic carbocycles. The van der Waals surface area contributed by atoms with Crippen LogP contribution in [0.5, 0.6) is 5.88 Å². The second-order valence-corrected chi connectivity index (χ2v) is 9.04. The van der Waals surface area contributed by atoms with E-state index in [1.807, 2.05) is 6.92 Å². The van der Waals surface area contributed by atoms with Gasteiger partial charge in [0, 0.05) is 57.5 Å². The van der Waals surface area contributed by atoms with Gasteiger partial charge >= 0.3 is 0 Å². The number of ether oxygens (including phenoxy) is 3. The minimum atomic E-state index is -0.383. The van der Waals surface area contributed by atoms with Gasteiger partial charge in [0.1, 0.15) is 18.3 Å². The lowest BCUT2D eigenvalue weighted by Gasteiger charge is -2.38. The predicted molar refractivity (Wildman–Crippen MR) is 125 cm³/mol. The zero-order valence-corrected chi connectivity index (χ0v) is 20.5. The molecule has 186 valence electrons. The van der Waals surface area contributed by atoms with Crippen LogP contribution >= 0.6 is 0 Å². The molecule has 1 aromatic heterocycles. The van der Waals surface area contributed by atoms with E-state index in [4.69, 9.17) is 14.2 Å². The first-order valence-electron chi connectivity index (χ1n) is 11.7. The van der Waals surface area contributed by atoms with Crippen molar-refractivity contribution < 1.29 is 28.9 Å². The topological polar surface area (TPSA) is 101 Å². The van der Waals surface area contributed by atoms with E-state index in [-0.39, 0.29) is 54.9 Å². The van der Waals surface area contributed by atoms with Crippen LogP contribution < -0.4 is 4.74 Å². The summed E-state index contributed by atoms with van der Waals surface area (Å²) in [6, 6.07) is 1.28. The van der Waals surface area contributed by atoms with Crippen molar-refractivity contribution in [3.63, 3.8) is 0 Å². The Hall–Kier alpha value is -2.67. The minimum absolute atomic E-state index is 0.0475. The van der Waals surface area contributed by atoms with E-state index < -0.39 is 0 Å². The number of amides is 2. The average Bonchev–Trinajstić information content (AvgIpc) is 2.86. The number of hydrogen-bond donors (Lipinski definition) is 1. The molecule has 0 spiro atoms. The van der Waals surface area contributed by atoms with Crippen molar-refractivity contribution >= 4 is 11.8 Å². The van der Waals surface area contributed by atoms with Crippen LogP contribution in [0.25, 0.3) is 0 Å². The fraction of sp³-hybridized carbons (Fsp3) is 0.640. The summed E-state index contributed by atoms with van der Waals surface area (Å²) >= 11 is 0. The van der Waals surface area contributed by atoms with Gasteiger partial charge in [0.25, 0.3) is 5.91 Å². The summed E-state index contributed by atoms with van der Waals surface area (Å²) in [4.78, 5) is 34.2. The molecular formula is C25H35N3O6. The first-order chi connectivity index (χ1) is 16.3. The molecule has 1 saturated heterocycles. The predicted octanol–water partition coefficient (Wildman–Crippen LogP) is 1.18. The molecule has 1 aromatic rings. The Kier molecular flexibility index (Phi) is 9.28. The Balaban J connectivity index is 1.88. The lowest BCUT2D eigenvalue weighted by Crippen LogP contribution is -2.51. The maximum absolute atomic E-state index is 13.4. The number of nitrogens with zero attached hydrogens (tertiary/aromatic N) is 3. The Bertz CT molecular complexity index is 921. The van der Waals surface area contributed by atoms with Gasteiger partial charge in [-0.25, -0.2) is 4.98 Å². The first-order valence-corrected chi connectivity index (χ1v) is 11.7. The van der Waals surface area contributed by atoms with E-state index in [9.17, 15) is 14.7 Å². The zero-order chi connectivity index (χ0) is 24.7. The highest BCUT2D eigenvalue weighted by Crippen LogP contribution is 2.28. The summed E-state index contributed by atoms with van der Waals surface area (Å²) in [6.45, 7) is 5.83. The molecule has 0 bridgehead atoms. The van der Waals surface area contributed by atoms with E-state index in [0.29, 0.717) is 37.4 Å². The number of hydrogen-bond acceptors (Lipinski definition) is 7. The van der Waals surface area contributed by atoms with Crippen LogP contribution in [0.4, 0.5) is 0 Å². The molecule has 0 saturated carbocycles. The molecule has 9 heteroatoms. The van der Waals surface area contributed by atoms with Crippen LogP contribution in [0, 0.1) is 23.7 Å². The van der Waals surface area contributed by atoms with Crippen molar-refractivity contribution in [1.82, 2.24) is 14.8 Å². The lowest BCUT2D eigenvalue weighted by molar-refractivity contribution is -0.138. The van der Waals surface area contributed by atoms with Crippen molar-refractivity contribution in [2.24, 2.45) is 11.8 Å². The van der Waals surface area contributed by atoms with Crippen molar-refractivity contribution in [2.75, 3.05) is 53.7 Å². The van der Waals surface area contributed by atoms with Crippen molar-refractivity contribution in [1.29, 1.82) is 0 Å². The molecular weight excluding hydrogens is 438 g/mol. The highest BCUT2D eigenvalue weighted by atomic mass is 16.5. The number of carbonyl (C=O) groups excluding carboxylic acids is 2. The van der Waals surface area contributed by atoms with Gasteiger partial charge in [-0.15, -0.1) is 0 Å². The summed E-state index contributed by atoms with van der Waals surface area (Å²) < 4.78 is 16.6. The summed E-state index contributed by atoms with van der Waals surface area (Å²) in [5, 5.41) is 9.79. The number of carbonyl (C=O) groups is 2. The summed E-state index contributed by atoms with van der Waals surface area (Å²) in [7, 11) is 3.35. The number of methoxy groups -OCH3 is 1. The third-order valence-electron chi connectivity index (χ3n) is 6.37. The fourth-order valence-corrected chi connectivity index (χ4v) is 4.21. The fourth-order valence-electron chi connectivity index (χ4n) is 4.21. The molecule has 3 rings (SSSR count). The average molecular weight is 474 g/mol. The Morgan fingerprint density at radius 1 is 1.41 bits per heavy atom. The van der Waals surface area contributed by atoms with Crippen molar-refractivity contribution in [3.8, 4) is 17.7 Å². The molecule has 34 heavy (non-hydrogen) atoms. The first kappa shape index (κ1) is 25.9. The second kappa shape index (κ2) is 12.2. The van der Waals surface area contributed by atoms with Gasteiger partial charge in [-0.05, 0) is 25.8 Å². The number of aliphatic hydroxyl groups is 1. The quantitative estimate of drug-likeness (QED) is 0.619. The van der Waals surface area contributed by atoms with E-state index in [0.717, 1.165) is 12.8 Å².